The van der Waals surface area contributed by atoms with E-state index in [0.29, 0.717) is 17.1 Å². The average molecular weight is 355 g/mol. The molecule has 23 heavy (non-hydrogen) atoms. The summed E-state index contributed by atoms with van der Waals surface area (Å²) in [4.78, 5) is 15.0. The highest BCUT2D eigenvalue weighted by molar-refractivity contribution is 8.01. The monoisotopic (exact) mass is 355 g/mol. The molecule has 0 bridgehead atoms. The number of hydrogen-bond donors (Lipinski definition) is 1. The van der Waals surface area contributed by atoms with Crippen molar-refractivity contribution >= 4 is 29.4 Å². The maximum absolute atomic E-state index is 12.8. The van der Waals surface area contributed by atoms with E-state index in [1.54, 1.807) is 14.1 Å². The fourth-order valence-corrected chi connectivity index (χ4v) is 5.05. The lowest BCUT2D eigenvalue weighted by atomic mass is 10.1. The lowest BCUT2D eigenvalue weighted by Gasteiger charge is -2.21. The largest absolute Gasteiger partial charge is 0.475 e. The molecule has 2 aliphatic rings. The first-order valence-electron chi connectivity index (χ1n) is 7.37. The lowest BCUT2D eigenvalue weighted by molar-refractivity contribution is 0.0811. The van der Waals surface area contributed by atoms with Crippen LogP contribution in [0.1, 0.15) is 43.6 Å². The molecular weight excluding hydrogens is 334 g/mol. The van der Waals surface area contributed by atoms with E-state index in [2.05, 4.69) is 0 Å². The lowest BCUT2D eigenvalue weighted by Crippen LogP contribution is -2.26. The van der Waals surface area contributed by atoms with Gasteiger partial charge >= 0.3 is 0 Å². The minimum absolute atomic E-state index is 0.111. The van der Waals surface area contributed by atoms with Gasteiger partial charge in [0, 0.05) is 19.7 Å². The van der Waals surface area contributed by atoms with Crippen LogP contribution >= 0.6 is 23.5 Å². The predicted molar refractivity (Wildman–Crippen MR) is 91.5 cm³/mol. The quantitative estimate of drug-likeness (QED) is 0.878. The second-order valence-electron chi connectivity index (χ2n) is 6.74. The van der Waals surface area contributed by atoms with Gasteiger partial charge in [-0.15, -0.1) is 0 Å². The molecule has 1 aromatic rings. The Hall–Kier alpha value is -1.05. The summed E-state index contributed by atoms with van der Waals surface area (Å²) in [5.41, 5.74) is 1.24. The first-order chi connectivity index (χ1) is 10.6. The number of ether oxygens (including phenoxy) is 2. The molecule has 0 saturated heterocycles. The zero-order valence-corrected chi connectivity index (χ0v) is 15.8. The smallest absolute Gasteiger partial charge is 0.260 e. The van der Waals surface area contributed by atoms with Gasteiger partial charge in [0.2, 0.25) is 0 Å². The Labute approximate surface area is 144 Å². The van der Waals surface area contributed by atoms with E-state index in [0.717, 1.165) is 15.4 Å². The molecule has 0 unspecified atom stereocenters. The normalized spacial score (nSPS) is 19.6. The summed E-state index contributed by atoms with van der Waals surface area (Å²) in [5, 5.41) is 9.91. The summed E-state index contributed by atoms with van der Waals surface area (Å²) in [7, 11) is 3.42. The van der Waals surface area contributed by atoms with Crippen LogP contribution in [0, 0.1) is 0 Å². The van der Waals surface area contributed by atoms with Crippen molar-refractivity contribution in [3.05, 3.63) is 11.1 Å². The summed E-state index contributed by atoms with van der Waals surface area (Å²) in [6, 6.07) is 0. The molecule has 1 amide bonds. The van der Waals surface area contributed by atoms with E-state index in [4.69, 9.17) is 9.47 Å². The number of aliphatic hydroxyl groups excluding tert-OH is 1. The first-order valence-corrected chi connectivity index (χ1v) is 9.01. The third-order valence-electron chi connectivity index (χ3n) is 3.58. The Morgan fingerprint density at radius 3 is 1.83 bits per heavy atom. The van der Waals surface area contributed by atoms with Crippen LogP contribution in [-0.2, 0) is 6.61 Å². The van der Waals surface area contributed by atoms with Crippen molar-refractivity contribution in [1.82, 2.24) is 4.90 Å². The standard InChI is InChI=1S/C16H21NO4S2/c1-15(2)20-10-9(14(19)17(5)6)11-13(23-16(3,4)21-11)8(7-18)12(10)22-15/h18H,7H2,1-6H3. The van der Waals surface area contributed by atoms with E-state index in [9.17, 15) is 9.90 Å². The van der Waals surface area contributed by atoms with Gasteiger partial charge in [0.05, 0.1) is 16.4 Å². The molecule has 0 fully saturated rings. The minimum Gasteiger partial charge on any atom is -0.475 e. The molecule has 5 nitrogen and oxygen atoms in total. The number of carbonyl (C=O) groups is 1. The third kappa shape index (κ3) is 2.68. The second-order valence-corrected chi connectivity index (χ2v) is 9.93. The highest BCUT2D eigenvalue weighted by Gasteiger charge is 2.45. The number of fused-ring (bicyclic) bond motifs is 2. The number of amides is 1. The van der Waals surface area contributed by atoms with Crippen LogP contribution in [0.5, 0.6) is 11.5 Å². The van der Waals surface area contributed by atoms with Crippen LogP contribution in [0.25, 0.3) is 0 Å². The summed E-state index contributed by atoms with van der Waals surface area (Å²) in [5.74, 6) is 0.901. The first kappa shape index (κ1) is 16.8. The SMILES string of the molecule is CN(C)C(=O)c1c2c(c(CO)c3c1OC(C)(C)S3)SC(C)(C)O2. The highest BCUT2D eigenvalue weighted by Crippen LogP contribution is 2.60. The Bertz CT molecular complexity index is 653. The van der Waals surface area contributed by atoms with Crippen molar-refractivity contribution in [3.8, 4) is 11.5 Å². The zero-order chi connectivity index (χ0) is 17.2. The molecule has 0 spiro atoms. The average Bonchev–Trinajstić information content (AvgIpc) is 2.88. The molecule has 126 valence electrons. The van der Waals surface area contributed by atoms with Crippen molar-refractivity contribution in [2.24, 2.45) is 0 Å². The van der Waals surface area contributed by atoms with Crippen molar-refractivity contribution in [2.75, 3.05) is 14.1 Å². The number of hydrogen-bond acceptors (Lipinski definition) is 6. The molecule has 1 aromatic carbocycles. The van der Waals surface area contributed by atoms with Crippen LogP contribution in [0.4, 0.5) is 0 Å². The number of carbonyl (C=O) groups excluding carboxylic acids is 1. The van der Waals surface area contributed by atoms with Gasteiger partial charge in [-0.25, -0.2) is 0 Å². The molecule has 1 N–H and O–H groups in total. The van der Waals surface area contributed by atoms with Gasteiger partial charge in [-0.1, -0.05) is 23.5 Å². The van der Waals surface area contributed by atoms with E-state index >= 15 is 0 Å². The molecule has 2 heterocycles. The summed E-state index contributed by atoms with van der Waals surface area (Å²) in [6.45, 7) is 7.69. The second kappa shape index (κ2) is 5.22. The molecule has 3 rings (SSSR count). The third-order valence-corrected chi connectivity index (χ3v) is 6.01. The van der Waals surface area contributed by atoms with Crippen molar-refractivity contribution < 1.29 is 19.4 Å². The Balaban J connectivity index is 2.31. The van der Waals surface area contributed by atoms with Gasteiger partial charge < -0.3 is 19.5 Å². The van der Waals surface area contributed by atoms with Crippen molar-refractivity contribution in [1.29, 1.82) is 0 Å². The molecule has 0 aliphatic carbocycles. The summed E-state index contributed by atoms with van der Waals surface area (Å²) < 4.78 is 12.1. The number of rotatable bonds is 2. The maximum Gasteiger partial charge on any atom is 0.260 e. The number of benzene rings is 1. The van der Waals surface area contributed by atoms with E-state index in [1.807, 2.05) is 27.7 Å². The Morgan fingerprint density at radius 2 is 1.48 bits per heavy atom. The zero-order valence-electron chi connectivity index (χ0n) is 14.1. The van der Waals surface area contributed by atoms with Crippen LogP contribution in [0.2, 0.25) is 0 Å². The van der Waals surface area contributed by atoms with Crippen LogP contribution in [0.3, 0.4) is 0 Å². The highest BCUT2D eigenvalue weighted by atomic mass is 32.2. The molecule has 0 radical (unpaired) electrons. The van der Waals surface area contributed by atoms with Gasteiger partial charge in [-0.2, -0.15) is 0 Å². The van der Waals surface area contributed by atoms with Gasteiger partial charge in [-0.05, 0) is 27.7 Å². The summed E-state index contributed by atoms with van der Waals surface area (Å²) in [6.07, 6.45) is 0. The number of aliphatic hydroxyl groups is 1. The fourth-order valence-electron chi connectivity index (χ4n) is 2.70. The van der Waals surface area contributed by atoms with Gasteiger partial charge in [0.15, 0.2) is 21.4 Å². The molecule has 0 atom stereocenters. The van der Waals surface area contributed by atoms with Crippen LogP contribution in [0.15, 0.2) is 9.79 Å². The van der Waals surface area contributed by atoms with Crippen molar-refractivity contribution in [3.63, 3.8) is 0 Å². The molecule has 0 aromatic heterocycles. The van der Waals surface area contributed by atoms with Crippen molar-refractivity contribution in [2.45, 2.75) is 54.0 Å². The molecule has 2 aliphatic heterocycles. The fraction of sp³-hybridized carbons (Fsp3) is 0.562. The van der Waals surface area contributed by atoms with Gasteiger partial charge in [0.25, 0.3) is 5.91 Å². The van der Waals surface area contributed by atoms with Crippen LogP contribution < -0.4 is 9.47 Å². The molecular formula is C16H21NO4S2. The van der Waals surface area contributed by atoms with Gasteiger partial charge in [-0.3, -0.25) is 4.79 Å². The van der Waals surface area contributed by atoms with E-state index < -0.39 is 9.87 Å². The van der Waals surface area contributed by atoms with Gasteiger partial charge in [0.1, 0.15) is 5.56 Å². The predicted octanol–water partition coefficient (Wildman–Crippen LogP) is 3.32. The van der Waals surface area contributed by atoms with E-state index in [1.165, 1.54) is 28.4 Å². The summed E-state index contributed by atoms with van der Waals surface area (Å²) >= 11 is 3.06. The molecule has 7 heteroatoms. The maximum atomic E-state index is 12.8. The number of nitrogens with zero attached hydrogens (tertiary/aromatic N) is 1. The topological polar surface area (TPSA) is 59.0 Å². The molecule has 0 saturated carbocycles. The minimum atomic E-state index is -0.483. The Kier molecular flexibility index (Phi) is 3.82. The Morgan fingerprint density at radius 1 is 1.04 bits per heavy atom. The van der Waals surface area contributed by atoms with Crippen LogP contribution in [-0.4, -0.2) is 39.9 Å². The van der Waals surface area contributed by atoms with E-state index in [-0.39, 0.29) is 12.5 Å². The number of thioether (sulfide) groups is 2.